The van der Waals surface area contributed by atoms with Gasteiger partial charge in [0.1, 0.15) is 41.9 Å². The van der Waals surface area contributed by atoms with E-state index >= 15 is 0 Å². The first kappa shape index (κ1) is 40.1. The van der Waals surface area contributed by atoms with Crippen LogP contribution >= 0.6 is 0 Å². The van der Waals surface area contributed by atoms with Gasteiger partial charge in [0.2, 0.25) is 0 Å². The fraction of sp³-hybridized carbons (Fsp3) is 0.405. The number of carbonyl (C=O) groups is 6. The van der Waals surface area contributed by atoms with Gasteiger partial charge >= 0.3 is 35.8 Å². The van der Waals surface area contributed by atoms with Crippen LogP contribution in [-0.4, -0.2) is 96.6 Å². The summed E-state index contributed by atoms with van der Waals surface area (Å²) < 4.78 is 53.0. The zero-order valence-electron chi connectivity index (χ0n) is 30.1. The minimum Gasteiger partial charge on any atom is -0.480 e. The molecule has 0 radical (unpaired) electrons. The summed E-state index contributed by atoms with van der Waals surface area (Å²) in [6, 6.07) is 0. The van der Waals surface area contributed by atoms with Crippen molar-refractivity contribution in [1.29, 1.82) is 0 Å². The zero-order chi connectivity index (χ0) is 40.0. The molecule has 18 nitrogen and oxygen atoms in total. The average Bonchev–Trinajstić information content (AvgIpc) is 3.08. The number of aliphatic hydroxyl groups excluding tert-OH is 2. The smallest absolute Gasteiger partial charge is 0.348 e. The molecule has 0 aromatic rings. The number of esters is 6. The molecular weight excluding hydrogens is 732 g/mol. The monoisotopic (exact) mass is 770 g/mol. The Morgan fingerprint density at radius 3 is 1.45 bits per heavy atom. The molecular formula is C37H38O18. The Morgan fingerprint density at radius 1 is 0.582 bits per heavy atom. The van der Waals surface area contributed by atoms with Crippen LogP contribution in [0.1, 0.15) is 46.0 Å². The van der Waals surface area contributed by atoms with Crippen LogP contribution in [0.15, 0.2) is 94.9 Å². The van der Waals surface area contributed by atoms with E-state index in [4.69, 9.17) is 47.4 Å². The Balaban J connectivity index is 1.19. The zero-order valence-corrected chi connectivity index (χ0v) is 30.1. The molecule has 1 saturated carbocycles. The van der Waals surface area contributed by atoms with Gasteiger partial charge in [-0.25, -0.2) is 28.8 Å². The van der Waals surface area contributed by atoms with Crippen molar-refractivity contribution in [3.63, 3.8) is 0 Å². The van der Waals surface area contributed by atoms with Crippen LogP contribution in [0, 0.1) is 0 Å². The van der Waals surface area contributed by atoms with E-state index in [0.29, 0.717) is 0 Å². The quantitative estimate of drug-likeness (QED) is 0.101. The standard InChI is InChI=1S/C37H38O18/c1-5-35(21-47-4)50-28(40)23(29(41)51-35)14-9-7-11-16-25-32(44)54-37(55-33(25)45)18-12-17-36(19-37)52-30(42)24(31(43)53-36)15-10-6-8-13-22-26(38)48-34(2,20-46-3)49-27(22)39/h6-11,13-16,38,40H,5,12,17-21H2,1-4H3. The number of rotatable bonds is 11. The number of carbonyl (C=O) groups excluding carboxylic acids is 6. The maximum absolute atomic E-state index is 13.0. The lowest BCUT2D eigenvalue weighted by Crippen LogP contribution is -2.58. The minimum atomic E-state index is -1.90. The molecule has 2 spiro atoms. The van der Waals surface area contributed by atoms with E-state index in [1.54, 1.807) is 6.92 Å². The predicted octanol–water partition coefficient (Wildman–Crippen LogP) is 3.03. The highest BCUT2D eigenvalue weighted by Crippen LogP contribution is 2.46. The van der Waals surface area contributed by atoms with Crippen LogP contribution in [0.4, 0.5) is 0 Å². The lowest BCUT2D eigenvalue weighted by Gasteiger charge is -2.47. The highest BCUT2D eigenvalue weighted by molar-refractivity contribution is 6.16. The van der Waals surface area contributed by atoms with Crippen LogP contribution in [0.5, 0.6) is 0 Å². The molecule has 0 aromatic carbocycles. The highest BCUT2D eigenvalue weighted by atomic mass is 16.8. The van der Waals surface area contributed by atoms with Gasteiger partial charge < -0.3 is 57.6 Å². The predicted molar refractivity (Wildman–Crippen MR) is 180 cm³/mol. The van der Waals surface area contributed by atoms with Crippen molar-refractivity contribution in [1.82, 2.24) is 0 Å². The van der Waals surface area contributed by atoms with Gasteiger partial charge in [0.15, 0.2) is 0 Å². The number of allylic oxidation sites excluding steroid dienone is 8. The first-order chi connectivity index (χ1) is 26.1. The Morgan fingerprint density at radius 2 is 1.04 bits per heavy atom. The largest absolute Gasteiger partial charge is 0.480 e. The van der Waals surface area contributed by atoms with Gasteiger partial charge in [0.25, 0.3) is 35.0 Å². The van der Waals surface area contributed by atoms with Gasteiger partial charge in [0, 0.05) is 40.4 Å². The van der Waals surface area contributed by atoms with Crippen molar-refractivity contribution < 1.29 is 86.3 Å². The van der Waals surface area contributed by atoms with Crippen LogP contribution in [-0.2, 0) is 76.1 Å². The number of hydrogen-bond acceptors (Lipinski definition) is 18. The molecule has 55 heavy (non-hydrogen) atoms. The van der Waals surface area contributed by atoms with Crippen molar-refractivity contribution in [2.24, 2.45) is 0 Å². The second-order valence-electron chi connectivity index (χ2n) is 12.7. The summed E-state index contributed by atoms with van der Waals surface area (Å²) in [6.45, 7) is 2.86. The molecule has 4 heterocycles. The van der Waals surface area contributed by atoms with Gasteiger partial charge in [-0.15, -0.1) is 0 Å². The van der Waals surface area contributed by atoms with Gasteiger partial charge in [-0.3, -0.25) is 0 Å². The molecule has 2 N–H and O–H groups in total. The maximum atomic E-state index is 13.0. The number of ether oxygens (including phenoxy) is 10. The summed E-state index contributed by atoms with van der Waals surface area (Å²) in [6.07, 6.45) is 12.4. The Labute approximate surface area is 313 Å². The van der Waals surface area contributed by atoms with Crippen LogP contribution in [0.25, 0.3) is 0 Å². The molecule has 1 aliphatic carbocycles. The first-order valence-corrected chi connectivity index (χ1v) is 16.8. The van der Waals surface area contributed by atoms with Crippen LogP contribution < -0.4 is 0 Å². The first-order valence-electron chi connectivity index (χ1n) is 16.8. The van der Waals surface area contributed by atoms with Crippen LogP contribution in [0.3, 0.4) is 0 Å². The van der Waals surface area contributed by atoms with Crippen LogP contribution in [0.2, 0.25) is 0 Å². The average molecular weight is 771 g/mol. The summed E-state index contributed by atoms with van der Waals surface area (Å²) >= 11 is 0. The number of methoxy groups -OCH3 is 2. The van der Waals surface area contributed by atoms with Gasteiger partial charge in [-0.05, 0) is 30.7 Å². The van der Waals surface area contributed by atoms with Crippen molar-refractivity contribution in [3.8, 4) is 0 Å². The fourth-order valence-corrected chi connectivity index (χ4v) is 5.98. The summed E-state index contributed by atoms with van der Waals surface area (Å²) in [5.41, 5.74) is -1.51. The summed E-state index contributed by atoms with van der Waals surface area (Å²) in [7, 11) is 2.75. The molecule has 2 saturated heterocycles. The SMILES string of the molecule is CCC1(COC)OC(=O)C(C=CC=CC=C2C(=O)OC3(CCCC4(C3)OC(=O)C(=CC=CC=CC3=C(O)OC(C)(COC)OC3=O)C(=O)O4)OC2=O)=C(O)O1. The molecule has 0 aromatic heterocycles. The molecule has 18 heteroatoms. The molecule has 5 aliphatic rings. The minimum absolute atomic E-state index is 0.0293. The Hall–Kier alpha value is -6.14. The molecule has 294 valence electrons. The van der Waals surface area contributed by atoms with Crippen molar-refractivity contribution in [2.75, 3.05) is 27.4 Å². The highest BCUT2D eigenvalue weighted by Gasteiger charge is 2.59. The van der Waals surface area contributed by atoms with E-state index in [-0.39, 0.29) is 50.0 Å². The second kappa shape index (κ2) is 16.1. The van der Waals surface area contributed by atoms with Crippen molar-refractivity contribution in [2.45, 2.75) is 69.1 Å². The molecule has 2 unspecified atom stereocenters. The second-order valence-corrected chi connectivity index (χ2v) is 12.7. The Bertz CT molecular complexity index is 1850. The topological polar surface area (TPSA) is 235 Å². The lowest BCUT2D eigenvalue weighted by molar-refractivity contribution is -0.307. The maximum Gasteiger partial charge on any atom is 0.348 e. The molecule has 0 amide bonds. The van der Waals surface area contributed by atoms with Crippen molar-refractivity contribution >= 4 is 35.8 Å². The molecule has 4 aliphatic heterocycles. The number of hydrogen-bond donors (Lipinski definition) is 2. The molecule has 2 atom stereocenters. The number of cyclic esters (lactones) is 2. The van der Waals surface area contributed by atoms with E-state index in [1.807, 2.05) is 0 Å². The van der Waals surface area contributed by atoms with E-state index in [2.05, 4.69) is 0 Å². The lowest BCUT2D eigenvalue weighted by atomic mass is 9.87. The van der Waals surface area contributed by atoms with E-state index in [0.717, 1.165) is 12.2 Å². The third-order valence-electron chi connectivity index (χ3n) is 8.54. The summed E-state index contributed by atoms with van der Waals surface area (Å²) in [5.74, 6) is -14.0. The van der Waals surface area contributed by atoms with Gasteiger partial charge in [0.05, 0.1) is 0 Å². The van der Waals surface area contributed by atoms with E-state index < -0.39 is 88.4 Å². The molecule has 0 bridgehead atoms. The van der Waals surface area contributed by atoms with Crippen molar-refractivity contribution in [3.05, 3.63) is 94.9 Å². The van der Waals surface area contributed by atoms with E-state index in [9.17, 15) is 39.0 Å². The normalized spacial score (nSPS) is 30.1. The fourth-order valence-electron chi connectivity index (χ4n) is 5.98. The Kier molecular flexibility index (Phi) is 11.7. The molecule has 3 fully saturated rings. The third-order valence-corrected chi connectivity index (χ3v) is 8.54. The van der Waals surface area contributed by atoms with Gasteiger partial charge in [-0.2, -0.15) is 0 Å². The molecule has 5 rings (SSSR count). The number of aliphatic hydroxyl groups is 2. The summed E-state index contributed by atoms with van der Waals surface area (Å²) in [5, 5.41) is 20.4. The third kappa shape index (κ3) is 8.81. The summed E-state index contributed by atoms with van der Waals surface area (Å²) in [4.78, 5) is 76.6. The van der Waals surface area contributed by atoms with E-state index in [1.165, 1.54) is 69.8 Å². The van der Waals surface area contributed by atoms with Gasteiger partial charge in [-0.1, -0.05) is 43.4 Å².